The van der Waals surface area contributed by atoms with Crippen molar-refractivity contribution in [2.45, 2.75) is 45.3 Å². The maximum absolute atomic E-state index is 9.91. The summed E-state index contributed by atoms with van der Waals surface area (Å²) in [6, 6.07) is 7.36. The molecule has 2 N–H and O–H groups in total. The number of hydrogen-bond acceptors (Lipinski definition) is 4. The third kappa shape index (κ3) is 5.90. The second-order valence-electron chi connectivity index (χ2n) is 4.86. The van der Waals surface area contributed by atoms with Gasteiger partial charge in [-0.1, -0.05) is 38.5 Å². The van der Waals surface area contributed by atoms with E-state index in [1.54, 1.807) is 6.07 Å². The molecule has 4 heteroatoms. The van der Waals surface area contributed by atoms with Gasteiger partial charge in [-0.3, -0.25) is 0 Å². The highest BCUT2D eigenvalue weighted by Gasteiger charge is 2.12. The first-order chi connectivity index (χ1) is 9.69. The standard InChI is InChI=1S/C16H26O4/c1-3-5-10-19-11-13(17)12-20-16-9-7-6-8-14(16)15(18)4-2/h6-9,13,15,17-18H,3-5,10-12H2,1-2H3/t13?,15-/m0/s1. The average Bonchev–Trinajstić information content (AvgIpc) is 2.49. The van der Waals surface area contributed by atoms with Crippen LogP contribution in [0.5, 0.6) is 5.75 Å². The van der Waals surface area contributed by atoms with Gasteiger partial charge >= 0.3 is 0 Å². The van der Waals surface area contributed by atoms with Crippen LogP contribution in [0.3, 0.4) is 0 Å². The summed E-state index contributed by atoms with van der Waals surface area (Å²) in [6.45, 7) is 5.12. The Morgan fingerprint density at radius 3 is 2.55 bits per heavy atom. The fourth-order valence-corrected chi connectivity index (χ4v) is 1.81. The maximum Gasteiger partial charge on any atom is 0.125 e. The molecule has 0 saturated carbocycles. The summed E-state index contributed by atoms with van der Waals surface area (Å²) in [7, 11) is 0. The van der Waals surface area contributed by atoms with E-state index in [0.29, 0.717) is 18.8 Å². The van der Waals surface area contributed by atoms with Crippen LogP contribution in [0.25, 0.3) is 0 Å². The van der Waals surface area contributed by atoms with E-state index in [2.05, 4.69) is 6.92 Å². The Balaban J connectivity index is 2.41. The van der Waals surface area contributed by atoms with E-state index in [4.69, 9.17) is 9.47 Å². The molecule has 0 aromatic heterocycles. The van der Waals surface area contributed by atoms with Gasteiger partial charge in [-0.2, -0.15) is 0 Å². The predicted molar refractivity (Wildman–Crippen MR) is 78.9 cm³/mol. The van der Waals surface area contributed by atoms with Crippen molar-refractivity contribution in [2.24, 2.45) is 0 Å². The molecule has 0 spiro atoms. The second-order valence-corrected chi connectivity index (χ2v) is 4.86. The molecule has 0 aliphatic carbocycles. The third-order valence-electron chi connectivity index (χ3n) is 3.05. The fraction of sp³-hybridized carbons (Fsp3) is 0.625. The molecular weight excluding hydrogens is 256 g/mol. The van der Waals surface area contributed by atoms with Crippen LogP contribution in [0.15, 0.2) is 24.3 Å². The third-order valence-corrected chi connectivity index (χ3v) is 3.05. The van der Waals surface area contributed by atoms with Gasteiger partial charge in [-0.15, -0.1) is 0 Å². The summed E-state index contributed by atoms with van der Waals surface area (Å²) in [6.07, 6.45) is 1.51. The molecule has 0 aliphatic heterocycles. The van der Waals surface area contributed by atoms with Gasteiger partial charge in [-0.25, -0.2) is 0 Å². The lowest BCUT2D eigenvalue weighted by atomic mass is 10.1. The van der Waals surface area contributed by atoms with Crippen LogP contribution in [0, 0.1) is 0 Å². The molecule has 1 unspecified atom stereocenters. The van der Waals surface area contributed by atoms with Crippen molar-refractivity contribution in [3.05, 3.63) is 29.8 Å². The zero-order chi connectivity index (χ0) is 14.8. The molecule has 20 heavy (non-hydrogen) atoms. The predicted octanol–water partition coefficient (Wildman–Crippen LogP) is 2.69. The van der Waals surface area contributed by atoms with Crippen LogP contribution in [0.4, 0.5) is 0 Å². The number of benzene rings is 1. The van der Waals surface area contributed by atoms with Crippen molar-refractivity contribution in [1.82, 2.24) is 0 Å². The number of aliphatic hydroxyl groups is 2. The molecule has 0 saturated heterocycles. The van der Waals surface area contributed by atoms with Crippen molar-refractivity contribution in [3.8, 4) is 5.75 Å². The molecule has 1 rings (SSSR count). The van der Waals surface area contributed by atoms with Gasteiger partial charge < -0.3 is 19.7 Å². The molecule has 0 aliphatic rings. The number of unbranched alkanes of at least 4 members (excludes halogenated alkanes) is 1. The van der Waals surface area contributed by atoms with E-state index >= 15 is 0 Å². The molecule has 0 fully saturated rings. The second kappa shape index (κ2) is 9.75. The average molecular weight is 282 g/mol. The minimum atomic E-state index is -0.654. The van der Waals surface area contributed by atoms with Gasteiger partial charge in [0.15, 0.2) is 0 Å². The van der Waals surface area contributed by atoms with Crippen molar-refractivity contribution >= 4 is 0 Å². The molecule has 0 heterocycles. The first-order valence-corrected chi connectivity index (χ1v) is 7.34. The Morgan fingerprint density at radius 1 is 1.10 bits per heavy atom. The van der Waals surface area contributed by atoms with E-state index in [0.717, 1.165) is 18.4 Å². The SMILES string of the molecule is CCCCOCC(O)COc1ccccc1[C@@H](O)CC. The molecule has 1 aromatic carbocycles. The van der Waals surface area contributed by atoms with E-state index in [-0.39, 0.29) is 13.2 Å². The van der Waals surface area contributed by atoms with Gasteiger partial charge in [0.25, 0.3) is 0 Å². The minimum Gasteiger partial charge on any atom is -0.490 e. The van der Waals surface area contributed by atoms with Crippen LogP contribution in [-0.4, -0.2) is 36.1 Å². The summed E-state index contributed by atoms with van der Waals surface area (Å²) in [5.41, 5.74) is 0.758. The van der Waals surface area contributed by atoms with E-state index in [1.807, 2.05) is 25.1 Å². The van der Waals surface area contributed by atoms with Gasteiger partial charge in [-0.05, 0) is 18.9 Å². The molecule has 0 bridgehead atoms. The number of hydrogen-bond donors (Lipinski definition) is 2. The lowest BCUT2D eigenvalue weighted by Gasteiger charge is -2.17. The van der Waals surface area contributed by atoms with Crippen LogP contribution in [-0.2, 0) is 4.74 Å². The normalized spacial score (nSPS) is 14.0. The Bertz CT molecular complexity index is 367. The molecular formula is C16H26O4. The molecule has 0 amide bonds. The quantitative estimate of drug-likeness (QED) is 0.648. The first kappa shape index (κ1) is 17.0. The number of ether oxygens (including phenoxy) is 2. The summed E-state index contributed by atoms with van der Waals surface area (Å²) < 4.78 is 10.9. The molecule has 4 nitrogen and oxygen atoms in total. The smallest absolute Gasteiger partial charge is 0.125 e. The van der Waals surface area contributed by atoms with Crippen molar-refractivity contribution in [1.29, 1.82) is 0 Å². The number of rotatable bonds is 10. The molecule has 0 radical (unpaired) electrons. The van der Waals surface area contributed by atoms with E-state index < -0.39 is 12.2 Å². The van der Waals surface area contributed by atoms with Crippen LogP contribution in [0.1, 0.15) is 44.8 Å². The maximum atomic E-state index is 9.91. The Labute approximate surface area is 121 Å². The zero-order valence-corrected chi connectivity index (χ0v) is 12.4. The van der Waals surface area contributed by atoms with Gasteiger partial charge in [0.2, 0.25) is 0 Å². The van der Waals surface area contributed by atoms with Crippen LogP contribution >= 0.6 is 0 Å². The zero-order valence-electron chi connectivity index (χ0n) is 12.4. The highest BCUT2D eigenvalue weighted by atomic mass is 16.5. The Morgan fingerprint density at radius 2 is 1.85 bits per heavy atom. The topological polar surface area (TPSA) is 58.9 Å². The summed E-state index contributed by atoms with van der Waals surface area (Å²) in [5.74, 6) is 0.620. The summed E-state index contributed by atoms with van der Waals surface area (Å²) >= 11 is 0. The van der Waals surface area contributed by atoms with Crippen molar-refractivity contribution in [3.63, 3.8) is 0 Å². The molecule has 1 aromatic rings. The van der Waals surface area contributed by atoms with E-state index in [9.17, 15) is 10.2 Å². The van der Waals surface area contributed by atoms with Crippen LogP contribution in [0.2, 0.25) is 0 Å². The fourth-order valence-electron chi connectivity index (χ4n) is 1.81. The van der Waals surface area contributed by atoms with Gasteiger partial charge in [0, 0.05) is 12.2 Å². The van der Waals surface area contributed by atoms with Gasteiger partial charge in [0.1, 0.15) is 18.5 Å². The monoisotopic (exact) mass is 282 g/mol. The highest BCUT2D eigenvalue weighted by molar-refractivity contribution is 5.35. The lowest BCUT2D eigenvalue weighted by molar-refractivity contribution is 0.0106. The largest absolute Gasteiger partial charge is 0.490 e. The van der Waals surface area contributed by atoms with Crippen molar-refractivity contribution < 1.29 is 19.7 Å². The highest BCUT2D eigenvalue weighted by Crippen LogP contribution is 2.26. The lowest BCUT2D eigenvalue weighted by Crippen LogP contribution is -2.24. The molecule has 114 valence electrons. The minimum absolute atomic E-state index is 0.166. The van der Waals surface area contributed by atoms with Crippen molar-refractivity contribution in [2.75, 3.05) is 19.8 Å². The number of para-hydroxylation sites is 1. The van der Waals surface area contributed by atoms with E-state index in [1.165, 1.54) is 0 Å². The Hall–Kier alpha value is -1.10. The van der Waals surface area contributed by atoms with Gasteiger partial charge in [0.05, 0.1) is 12.7 Å². The molecule has 2 atom stereocenters. The number of aliphatic hydroxyl groups excluding tert-OH is 2. The first-order valence-electron chi connectivity index (χ1n) is 7.34. The summed E-state index contributed by atoms with van der Waals surface area (Å²) in [5, 5.41) is 19.7. The van der Waals surface area contributed by atoms with Crippen LogP contribution < -0.4 is 4.74 Å². The Kier molecular flexibility index (Phi) is 8.26. The summed E-state index contributed by atoms with van der Waals surface area (Å²) in [4.78, 5) is 0.